The molecule has 0 aliphatic carbocycles. The van der Waals surface area contributed by atoms with E-state index in [9.17, 15) is 13.6 Å². The van der Waals surface area contributed by atoms with Crippen molar-refractivity contribution >= 4 is 17.5 Å². The topological polar surface area (TPSA) is 115 Å². The van der Waals surface area contributed by atoms with E-state index in [0.717, 1.165) is 42.2 Å². The number of carbonyl (C=O) groups excluding carboxylic acids is 1. The van der Waals surface area contributed by atoms with E-state index in [0.29, 0.717) is 16.8 Å². The molecule has 3 heterocycles. The van der Waals surface area contributed by atoms with Crippen LogP contribution < -0.4 is 11.1 Å². The first-order valence-electron chi connectivity index (χ1n) is 10.7. The number of rotatable bonds is 4. The lowest BCUT2D eigenvalue weighted by Crippen LogP contribution is -2.32. The van der Waals surface area contributed by atoms with Crippen molar-refractivity contribution < 1.29 is 13.6 Å². The first kappa shape index (κ1) is 21.4. The van der Waals surface area contributed by atoms with E-state index < -0.39 is 11.6 Å². The molecule has 0 spiro atoms. The quantitative estimate of drug-likeness (QED) is 0.476. The number of nitrogens with two attached hydrogens (primary N) is 1. The van der Waals surface area contributed by atoms with Gasteiger partial charge in [0, 0.05) is 30.5 Å². The number of urea groups is 1. The van der Waals surface area contributed by atoms with Crippen LogP contribution in [0.2, 0.25) is 0 Å². The molecule has 0 unspecified atom stereocenters. The van der Waals surface area contributed by atoms with E-state index in [-0.39, 0.29) is 23.4 Å². The van der Waals surface area contributed by atoms with Gasteiger partial charge < -0.3 is 16.0 Å². The van der Waals surface area contributed by atoms with Gasteiger partial charge in [0.05, 0.1) is 5.56 Å². The van der Waals surface area contributed by atoms with Crippen molar-refractivity contribution in [3.63, 3.8) is 0 Å². The molecule has 5 rings (SSSR count). The summed E-state index contributed by atoms with van der Waals surface area (Å²) in [6.45, 7) is 1.53. The monoisotopic (exact) mass is 462 g/mol. The summed E-state index contributed by atoms with van der Waals surface area (Å²) in [4.78, 5) is 18.3. The van der Waals surface area contributed by atoms with Gasteiger partial charge in [-0.25, -0.2) is 18.6 Å². The Balaban J connectivity index is 1.44. The largest absolute Gasteiger partial charge is 0.383 e. The van der Waals surface area contributed by atoms with Gasteiger partial charge in [-0.05, 0) is 59.2 Å². The minimum Gasteiger partial charge on any atom is -0.383 e. The highest BCUT2D eigenvalue weighted by Crippen LogP contribution is 2.30. The second-order valence-electron chi connectivity index (χ2n) is 7.85. The summed E-state index contributed by atoms with van der Waals surface area (Å²) in [7, 11) is 0. The van der Waals surface area contributed by atoms with Crippen molar-refractivity contribution in [1.29, 1.82) is 0 Å². The molecule has 34 heavy (non-hydrogen) atoms. The molecule has 0 saturated carbocycles. The number of halogens is 2. The second kappa shape index (κ2) is 8.85. The van der Waals surface area contributed by atoms with Crippen molar-refractivity contribution in [2.45, 2.75) is 12.8 Å². The van der Waals surface area contributed by atoms with E-state index in [1.807, 2.05) is 12.1 Å². The number of tetrazole rings is 1. The van der Waals surface area contributed by atoms with E-state index >= 15 is 0 Å². The molecular weight excluding hydrogens is 442 g/mol. The fraction of sp³-hybridized carbons (Fsp3) is 0.174. The van der Waals surface area contributed by atoms with E-state index in [1.165, 1.54) is 12.1 Å². The Morgan fingerprint density at radius 1 is 1.03 bits per heavy atom. The van der Waals surface area contributed by atoms with Crippen LogP contribution >= 0.6 is 0 Å². The van der Waals surface area contributed by atoms with Crippen LogP contribution in [0.5, 0.6) is 0 Å². The molecule has 0 atom stereocenters. The van der Waals surface area contributed by atoms with Gasteiger partial charge in [-0.1, -0.05) is 18.2 Å². The van der Waals surface area contributed by atoms with Crippen LogP contribution in [0.3, 0.4) is 0 Å². The number of hydrogen-bond acceptors (Lipinski definition) is 6. The highest BCUT2D eigenvalue weighted by Gasteiger charge is 2.20. The number of carbonyl (C=O) groups is 1. The molecule has 0 bridgehead atoms. The average molecular weight is 462 g/mol. The lowest BCUT2D eigenvalue weighted by atomic mass is 10.0. The summed E-state index contributed by atoms with van der Waals surface area (Å²) in [6, 6.07) is 12.6. The summed E-state index contributed by atoms with van der Waals surface area (Å²) in [5.74, 6) is -1.85. The first-order valence-corrected chi connectivity index (χ1v) is 10.7. The van der Waals surface area contributed by atoms with Gasteiger partial charge in [0.25, 0.3) is 0 Å². The number of hydrogen-bond donors (Lipinski definition) is 2. The zero-order valence-electron chi connectivity index (χ0n) is 17.9. The number of pyridine rings is 1. The Labute approximate surface area is 193 Å². The molecule has 0 radical (unpaired) electrons. The lowest BCUT2D eigenvalue weighted by molar-refractivity contribution is 0.222. The van der Waals surface area contributed by atoms with Crippen molar-refractivity contribution in [2.24, 2.45) is 0 Å². The molecule has 4 aromatic rings. The third-order valence-electron chi connectivity index (χ3n) is 5.65. The number of anilines is 2. The molecular formula is C23H20F2N8O. The van der Waals surface area contributed by atoms with Gasteiger partial charge in [0.2, 0.25) is 0 Å². The van der Waals surface area contributed by atoms with Crippen molar-refractivity contribution in [3.8, 4) is 28.2 Å². The Morgan fingerprint density at radius 3 is 2.56 bits per heavy atom. The van der Waals surface area contributed by atoms with Crippen LogP contribution in [0.1, 0.15) is 12.8 Å². The number of nitrogens with zero attached hydrogens (tertiary/aromatic N) is 6. The number of amides is 2. The third kappa shape index (κ3) is 4.03. The Hall–Kier alpha value is -4.41. The fourth-order valence-electron chi connectivity index (χ4n) is 3.85. The zero-order valence-corrected chi connectivity index (χ0v) is 17.9. The van der Waals surface area contributed by atoms with Gasteiger partial charge in [-0.15, -0.1) is 5.10 Å². The van der Waals surface area contributed by atoms with Gasteiger partial charge in [-0.3, -0.25) is 0 Å². The standard InChI is InChI=1S/C23H20F2N8O/c24-18-4-3-5-19(20(18)25)33-22(29-30-31-33)17-12-15(13-27-21(17)26)14-6-8-16(9-7-14)28-23(34)32-10-1-2-11-32/h3-9,12-13H,1-2,10-11H2,(H2,26,27)(H,28,34). The number of nitrogen functional groups attached to an aromatic ring is 1. The summed E-state index contributed by atoms with van der Waals surface area (Å²) in [5.41, 5.74) is 8.47. The first-order chi connectivity index (χ1) is 16.5. The Bertz CT molecular complexity index is 1350. The summed E-state index contributed by atoms with van der Waals surface area (Å²) in [6.07, 6.45) is 3.63. The maximum atomic E-state index is 14.4. The minimum atomic E-state index is -1.08. The molecule has 1 saturated heterocycles. The Morgan fingerprint density at radius 2 is 1.79 bits per heavy atom. The molecule has 2 aromatic carbocycles. The minimum absolute atomic E-state index is 0.113. The van der Waals surface area contributed by atoms with Gasteiger partial charge >= 0.3 is 6.03 Å². The van der Waals surface area contributed by atoms with Crippen molar-refractivity contribution in [2.75, 3.05) is 24.1 Å². The van der Waals surface area contributed by atoms with Crippen molar-refractivity contribution in [3.05, 3.63) is 66.4 Å². The fourth-order valence-corrected chi connectivity index (χ4v) is 3.85. The predicted molar refractivity (Wildman–Crippen MR) is 122 cm³/mol. The predicted octanol–water partition coefficient (Wildman–Crippen LogP) is 3.88. The van der Waals surface area contributed by atoms with Crippen LogP contribution in [0.4, 0.5) is 25.1 Å². The Kier molecular flexibility index (Phi) is 5.58. The molecule has 1 fully saturated rings. The highest BCUT2D eigenvalue weighted by molar-refractivity contribution is 5.90. The van der Waals surface area contributed by atoms with Gasteiger partial charge in [0.1, 0.15) is 11.5 Å². The molecule has 11 heteroatoms. The highest BCUT2D eigenvalue weighted by atomic mass is 19.2. The molecule has 2 aromatic heterocycles. The maximum Gasteiger partial charge on any atom is 0.321 e. The van der Waals surface area contributed by atoms with E-state index in [1.54, 1.807) is 29.3 Å². The normalized spacial score (nSPS) is 13.3. The third-order valence-corrected chi connectivity index (χ3v) is 5.65. The second-order valence-corrected chi connectivity index (χ2v) is 7.85. The molecule has 3 N–H and O–H groups in total. The molecule has 1 aliphatic rings. The lowest BCUT2D eigenvalue weighted by Gasteiger charge is -2.16. The van der Waals surface area contributed by atoms with Crippen molar-refractivity contribution in [1.82, 2.24) is 30.1 Å². The van der Waals surface area contributed by atoms with Crippen LogP contribution in [0.15, 0.2) is 54.7 Å². The summed E-state index contributed by atoms with van der Waals surface area (Å²) < 4.78 is 29.2. The molecule has 2 amide bonds. The summed E-state index contributed by atoms with van der Waals surface area (Å²) in [5, 5.41) is 14.3. The average Bonchev–Trinajstić information content (AvgIpc) is 3.54. The van der Waals surface area contributed by atoms with E-state index in [4.69, 9.17) is 5.73 Å². The smallest absolute Gasteiger partial charge is 0.321 e. The zero-order chi connectivity index (χ0) is 23.7. The van der Waals surface area contributed by atoms with Crippen LogP contribution in [0, 0.1) is 11.6 Å². The SMILES string of the molecule is Nc1ncc(-c2ccc(NC(=O)N3CCCC3)cc2)cc1-c1nnnn1-c1cccc(F)c1F. The van der Waals surface area contributed by atoms with Crippen LogP contribution in [0.25, 0.3) is 28.2 Å². The summed E-state index contributed by atoms with van der Waals surface area (Å²) >= 11 is 0. The maximum absolute atomic E-state index is 14.4. The molecule has 1 aliphatic heterocycles. The number of benzene rings is 2. The van der Waals surface area contributed by atoms with Crippen LogP contribution in [-0.4, -0.2) is 49.2 Å². The number of nitrogens with one attached hydrogen (secondary N) is 1. The molecule has 172 valence electrons. The molecule has 9 nitrogen and oxygen atoms in total. The van der Waals surface area contributed by atoms with Crippen LogP contribution in [-0.2, 0) is 0 Å². The van der Waals surface area contributed by atoms with Gasteiger partial charge in [0.15, 0.2) is 17.5 Å². The van der Waals surface area contributed by atoms with Gasteiger partial charge in [-0.2, -0.15) is 4.68 Å². The number of likely N-dealkylation sites (tertiary alicyclic amines) is 1. The van der Waals surface area contributed by atoms with E-state index in [2.05, 4.69) is 25.8 Å². The number of aromatic nitrogens is 5.